The van der Waals surface area contributed by atoms with Gasteiger partial charge >= 0.3 is 0 Å². The third-order valence-electron chi connectivity index (χ3n) is 1.88. The van der Waals surface area contributed by atoms with Gasteiger partial charge in [0, 0.05) is 11.0 Å². The summed E-state index contributed by atoms with van der Waals surface area (Å²) in [6, 6.07) is 0. The molecule has 1 atom stereocenters. The van der Waals surface area contributed by atoms with E-state index >= 15 is 0 Å². The van der Waals surface area contributed by atoms with E-state index in [1.165, 1.54) is 25.7 Å². The summed E-state index contributed by atoms with van der Waals surface area (Å²) >= 11 is 1.94. The largest absolute Gasteiger partial charge is 0.393 e. The topological polar surface area (TPSA) is 20.2 Å². The Hall–Kier alpha value is 0.310. The molecule has 0 aromatic rings. The first-order valence-corrected chi connectivity index (χ1v) is 5.13. The Labute approximate surface area is 67.2 Å². The molecule has 1 aliphatic carbocycles. The van der Waals surface area contributed by atoms with Gasteiger partial charge in [0.15, 0.2) is 0 Å². The summed E-state index contributed by atoms with van der Waals surface area (Å²) in [5, 5.41) is 9.85. The zero-order chi connectivity index (χ0) is 7.40. The van der Waals surface area contributed by atoms with Gasteiger partial charge in [-0.25, -0.2) is 0 Å². The molecule has 1 aliphatic rings. The van der Waals surface area contributed by atoms with E-state index in [-0.39, 0.29) is 6.10 Å². The highest BCUT2D eigenvalue weighted by molar-refractivity contribution is 7.99. The first-order valence-electron chi connectivity index (χ1n) is 4.08. The molecule has 1 rings (SSSR count). The first kappa shape index (κ1) is 8.41. The number of aliphatic hydroxyl groups is 1. The maximum Gasteiger partial charge on any atom is 0.0602 e. The first-order chi connectivity index (χ1) is 4.79. The number of aliphatic hydroxyl groups excluding tert-OH is 1. The van der Waals surface area contributed by atoms with Gasteiger partial charge in [-0.2, -0.15) is 11.8 Å². The number of hydrogen-bond acceptors (Lipinski definition) is 2. The molecule has 2 heteroatoms. The van der Waals surface area contributed by atoms with Gasteiger partial charge in [0.2, 0.25) is 0 Å². The zero-order valence-corrected chi connectivity index (χ0v) is 7.36. The van der Waals surface area contributed by atoms with Gasteiger partial charge in [0.1, 0.15) is 0 Å². The smallest absolute Gasteiger partial charge is 0.0602 e. The van der Waals surface area contributed by atoms with Crippen molar-refractivity contribution in [2.45, 2.75) is 44.0 Å². The molecular formula is C8H16OS. The average molecular weight is 160 g/mol. The normalized spacial score (nSPS) is 23.4. The molecule has 0 amide bonds. The van der Waals surface area contributed by atoms with Crippen molar-refractivity contribution >= 4 is 11.8 Å². The van der Waals surface area contributed by atoms with Crippen molar-refractivity contribution in [1.82, 2.24) is 0 Å². The summed E-state index contributed by atoms with van der Waals surface area (Å²) in [4.78, 5) is 0. The van der Waals surface area contributed by atoms with E-state index in [0.29, 0.717) is 0 Å². The van der Waals surface area contributed by atoms with E-state index in [0.717, 1.165) is 11.0 Å². The number of hydrogen-bond donors (Lipinski definition) is 1. The van der Waals surface area contributed by atoms with Crippen LogP contribution in [0.1, 0.15) is 32.6 Å². The summed E-state index contributed by atoms with van der Waals surface area (Å²) in [5.41, 5.74) is 0. The minimum absolute atomic E-state index is 0.120. The Morgan fingerprint density at radius 3 is 2.60 bits per heavy atom. The Bertz CT molecular complexity index is 87.3. The van der Waals surface area contributed by atoms with Crippen LogP contribution >= 0.6 is 11.8 Å². The predicted molar refractivity (Wildman–Crippen MR) is 46.4 cm³/mol. The molecule has 0 aromatic carbocycles. The highest BCUT2D eigenvalue weighted by Gasteiger charge is 2.15. The van der Waals surface area contributed by atoms with Gasteiger partial charge in [-0.3, -0.25) is 0 Å². The predicted octanol–water partition coefficient (Wildman–Crippen LogP) is 2.04. The minimum Gasteiger partial charge on any atom is -0.393 e. The second-order valence-corrected chi connectivity index (χ2v) is 4.42. The lowest BCUT2D eigenvalue weighted by atomic mass is 10.4. The molecule has 1 N–H and O–H groups in total. The lowest BCUT2D eigenvalue weighted by Gasteiger charge is -2.09. The van der Waals surface area contributed by atoms with Crippen LogP contribution in [0.5, 0.6) is 0 Å². The van der Waals surface area contributed by atoms with E-state index in [2.05, 4.69) is 0 Å². The van der Waals surface area contributed by atoms with E-state index in [1.54, 1.807) is 0 Å². The fourth-order valence-corrected chi connectivity index (χ4v) is 2.55. The molecule has 0 saturated heterocycles. The van der Waals surface area contributed by atoms with Crippen LogP contribution in [-0.2, 0) is 0 Å². The summed E-state index contributed by atoms with van der Waals surface area (Å²) < 4.78 is 0. The third-order valence-corrected chi connectivity index (χ3v) is 3.49. The zero-order valence-electron chi connectivity index (χ0n) is 6.55. The fourth-order valence-electron chi connectivity index (χ4n) is 1.33. The van der Waals surface area contributed by atoms with Gasteiger partial charge in [0.25, 0.3) is 0 Å². The Kier molecular flexibility index (Phi) is 3.57. The second kappa shape index (κ2) is 4.24. The van der Waals surface area contributed by atoms with Crippen LogP contribution in [0.3, 0.4) is 0 Å². The van der Waals surface area contributed by atoms with Gasteiger partial charge in [-0.15, -0.1) is 0 Å². The lowest BCUT2D eigenvalue weighted by molar-refractivity contribution is 0.220. The third kappa shape index (κ3) is 2.93. The summed E-state index contributed by atoms with van der Waals surface area (Å²) in [6.45, 7) is 1.86. The second-order valence-electron chi connectivity index (χ2n) is 3.09. The number of thioether (sulfide) groups is 1. The van der Waals surface area contributed by atoms with Crippen LogP contribution in [0.25, 0.3) is 0 Å². The molecule has 0 radical (unpaired) electrons. The quantitative estimate of drug-likeness (QED) is 0.682. The molecule has 1 fully saturated rings. The van der Waals surface area contributed by atoms with Crippen LogP contribution < -0.4 is 0 Å². The Morgan fingerprint density at radius 2 is 2.10 bits per heavy atom. The van der Waals surface area contributed by atoms with Crippen LogP contribution in [0, 0.1) is 0 Å². The monoisotopic (exact) mass is 160 g/mol. The van der Waals surface area contributed by atoms with Crippen molar-refractivity contribution in [1.29, 1.82) is 0 Å². The molecule has 0 heterocycles. The minimum atomic E-state index is -0.120. The van der Waals surface area contributed by atoms with Gasteiger partial charge in [-0.1, -0.05) is 12.8 Å². The van der Waals surface area contributed by atoms with Crippen molar-refractivity contribution in [3.05, 3.63) is 0 Å². The molecular weight excluding hydrogens is 144 g/mol. The van der Waals surface area contributed by atoms with Crippen LogP contribution in [0.4, 0.5) is 0 Å². The summed E-state index contributed by atoms with van der Waals surface area (Å²) in [5.74, 6) is 0.921. The SMILES string of the molecule is C[C@H](O)CSC1CCCC1. The maximum absolute atomic E-state index is 8.99. The van der Waals surface area contributed by atoms with Crippen LogP contribution in [0.15, 0.2) is 0 Å². The van der Waals surface area contributed by atoms with Crippen molar-refractivity contribution in [2.24, 2.45) is 0 Å². The van der Waals surface area contributed by atoms with Crippen LogP contribution in [-0.4, -0.2) is 22.2 Å². The van der Waals surface area contributed by atoms with Crippen molar-refractivity contribution in [3.63, 3.8) is 0 Å². The van der Waals surface area contributed by atoms with Crippen LogP contribution in [0.2, 0.25) is 0 Å². The molecule has 0 aliphatic heterocycles. The highest BCUT2D eigenvalue weighted by atomic mass is 32.2. The summed E-state index contributed by atoms with van der Waals surface area (Å²) in [6.07, 6.45) is 5.43. The maximum atomic E-state index is 8.99. The highest BCUT2D eigenvalue weighted by Crippen LogP contribution is 2.29. The standard InChI is InChI=1S/C8H16OS/c1-7(9)6-10-8-4-2-3-5-8/h7-9H,2-6H2,1H3/t7-/m0/s1. The number of rotatable bonds is 3. The van der Waals surface area contributed by atoms with E-state index in [9.17, 15) is 0 Å². The van der Waals surface area contributed by atoms with Gasteiger partial charge < -0.3 is 5.11 Å². The molecule has 1 saturated carbocycles. The Balaban J connectivity index is 2.01. The van der Waals surface area contributed by atoms with Gasteiger partial charge in [-0.05, 0) is 19.8 Å². The summed E-state index contributed by atoms with van der Waals surface area (Å²) in [7, 11) is 0. The van der Waals surface area contributed by atoms with Crippen molar-refractivity contribution < 1.29 is 5.11 Å². The fraction of sp³-hybridized carbons (Fsp3) is 1.00. The van der Waals surface area contributed by atoms with Crippen molar-refractivity contribution in [2.75, 3.05) is 5.75 Å². The molecule has 0 aromatic heterocycles. The molecule has 1 nitrogen and oxygen atoms in total. The van der Waals surface area contributed by atoms with Gasteiger partial charge in [0.05, 0.1) is 6.10 Å². The lowest BCUT2D eigenvalue weighted by Crippen LogP contribution is -2.06. The molecule has 0 bridgehead atoms. The molecule has 10 heavy (non-hydrogen) atoms. The molecule has 0 unspecified atom stereocenters. The molecule has 0 spiro atoms. The van der Waals surface area contributed by atoms with E-state index in [1.807, 2.05) is 18.7 Å². The Morgan fingerprint density at radius 1 is 1.50 bits per heavy atom. The van der Waals surface area contributed by atoms with Crippen molar-refractivity contribution in [3.8, 4) is 0 Å². The average Bonchev–Trinajstić information content (AvgIpc) is 2.34. The van der Waals surface area contributed by atoms with E-state index in [4.69, 9.17) is 5.11 Å². The molecule has 60 valence electrons. The van der Waals surface area contributed by atoms with E-state index < -0.39 is 0 Å².